The number of rotatable bonds is 5. The van der Waals surface area contributed by atoms with Gasteiger partial charge in [0.2, 0.25) is 5.91 Å². The van der Waals surface area contributed by atoms with E-state index in [0.717, 1.165) is 43.8 Å². The molecule has 1 N–H and O–H groups in total. The van der Waals surface area contributed by atoms with Crippen molar-refractivity contribution in [2.75, 3.05) is 26.4 Å². The first-order chi connectivity index (χ1) is 12.3. The van der Waals surface area contributed by atoms with Crippen LogP contribution in [0.2, 0.25) is 0 Å². The van der Waals surface area contributed by atoms with Crippen LogP contribution in [0.4, 0.5) is 0 Å². The molecule has 1 aromatic rings. The summed E-state index contributed by atoms with van der Waals surface area (Å²) < 4.78 is 17.0. The maximum Gasteiger partial charge on any atom is 0.222 e. The first-order valence-corrected chi connectivity index (χ1v) is 9.54. The van der Waals surface area contributed by atoms with E-state index in [9.17, 15) is 4.79 Å². The second-order valence-corrected chi connectivity index (χ2v) is 7.46. The second-order valence-electron chi connectivity index (χ2n) is 7.46. The van der Waals surface area contributed by atoms with Gasteiger partial charge in [0.1, 0.15) is 13.2 Å². The lowest BCUT2D eigenvalue weighted by molar-refractivity contribution is -0.123. The molecule has 1 aromatic carbocycles. The van der Waals surface area contributed by atoms with E-state index in [2.05, 4.69) is 17.4 Å². The summed E-state index contributed by atoms with van der Waals surface area (Å²) in [5.41, 5.74) is 1.27. The van der Waals surface area contributed by atoms with Gasteiger partial charge in [0, 0.05) is 18.6 Å². The Morgan fingerprint density at radius 1 is 1.08 bits per heavy atom. The van der Waals surface area contributed by atoms with Crippen molar-refractivity contribution in [3.05, 3.63) is 23.8 Å². The van der Waals surface area contributed by atoms with Crippen molar-refractivity contribution in [3.63, 3.8) is 0 Å². The van der Waals surface area contributed by atoms with Gasteiger partial charge in [-0.25, -0.2) is 0 Å². The predicted octanol–water partition coefficient (Wildman–Crippen LogP) is 2.95. The molecule has 0 aromatic heterocycles. The van der Waals surface area contributed by atoms with Crippen molar-refractivity contribution in [1.82, 2.24) is 5.32 Å². The third kappa shape index (κ3) is 3.61. The van der Waals surface area contributed by atoms with Gasteiger partial charge in [-0.3, -0.25) is 4.79 Å². The van der Waals surface area contributed by atoms with Gasteiger partial charge in [0.05, 0.1) is 12.5 Å². The zero-order chi connectivity index (χ0) is 17.1. The highest BCUT2D eigenvalue weighted by molar-refractivity contribution is 5.76. The normalized spacial score (nSPS) is 24.2. The molecule has 5 heteroatoms. The van der Waals surface area contributed by atoms with E-state index >= 15 is 0 Å². The minimum Gasteiger partial charge on any atom is -0.486 e. The SMILES string of the molecule is O=C(C[C@H]1CCCO1)NCC1(c2ccc3c(c2)OCCO3)CCCC1. The summed E-state index contributed by atoms with van der Waals surface area (Å²) in [5.74, 6) is 1.77. The van der Waals surface area contributed by atoms with Gasteiger partial charge in [0.15, 0.2) is 11.5 Å². The molecule has 1 saturated heterocycles. The molecule has 1 saturated carbocycles. The summed E-state index contributed by atoms with van der Waals surface area (Å²) in [6.45, 7) is 2.69. The summed E-state index contributed by atoms with van der Waals surface area (Å²) in [5, 5.41) is 3.18. The van der Waals surface area contributed by atoms with Gasteiger partial charge in [-0.05, 0) is 43.4 Å². The molecule has 2 fully saturated rings. The monoisotopic (exact) mass is 345 g/mol. The number of fused-ring (bicyclic) bond motifs is 1. The summed E-state index contributed by atoms with van der Waals surface area (Å²) in [7, 11) is 0. The van der Waals surface area contributed by atoms with Crippen LogP contribution in [0.1, 0.15) is 50.5 Å². The third-order valence-corrected chi connectivity index (χ3v) is 5.78. The van der Waals surface area contributed by atoms with Crippen LogP contribution in [0.3, 0.4) is 0 Å². The smallest absolute Gasteiger partial charge is 0.222 e. The number of hydrogen-bond donors (Lipinski definition) is 1. The van der Waals surface area contributed by atoms with Crippen molar-refractivity contribution in [1.29, 1.82) is 0 Å². The number of nitrogens with one attached hydrogen (secondary N) is 1. The minimum atomic E-state index is 0.0159. The van der Waals surface area contributed by atoms with Crippen LogP contribution in [-0.2, 0) is 14.9 Å². The van der Waals surface area contributed by atoms with Crippen molar-refractivity contribution < 1.29 is 19.0 Å². The fourth-order valence-corrected chi connectivity index (χ4v) is 4.34. The van der Waals surface area contributed by atoms with E-state index in [-0.39, 0.29) is 17.4 Å². The fourth-order valence-electron chi connectivity index (χ4n) is 4.34. The lowest BCUT2D eigenvalue weighted by Crippen LogP contribution is -2.40. The Hall–Kier alpha value is -1.75. The summed E-state index contributed by atoms with van der Waals surface area (Å²) >= 11 is 0. The zero-order valence-corrected chi connectivity index (χ0v) is 14.7. The predicted molar refractivity (Wildman–Crippen MR) is 94.2 cm³/mol. The van der Waals surface area contributed by atoms with Crippen molar-refractivity contribution >= 4 is 5.91 Å². The lowest BCUT2D eigenvalue weighted by atomic mass is 9.78. The van der Waals surface area contributed by atoms with Crippen LogP contribution in [0, 0.1) is 0 Å². The van der Waals surface area contributed by atoms with Crippen LogP contribution in [0.25, 0.3) is 0 Å². The molecule has 0 bridgehead atoms. The number of amides is 1. The van der Waals surface area contributed by atoms with Crippen LogP contribution in [0.15, 0.2) is 18.2 Å². The zero-order valence-electron chi connectivity index (χ0n) is 14.7. The minimum absolute atomic E-state index is 0.0159. The van der Waals surface area contributed by atoms with E-state index < -0.39 is 0 Å². The van der Waals surface area contributed by atoms with E-state index in [1.54, 1.807) is 0 Å². The maximum atomic E-state index is 12.3. The van der Waals surface area contributed by atoms with Gasteiger partial charge in [0.25, 0.3) is 0 Å². The second kappa shape index (κ2) is 7.24. The Morgan fingerprint density at radius 2 is 1.88 bits per heavy atom. The molecular formula is C20H27NO4. The quantitative estimate of drug-likeness (QED) is 0.891. The Balaban J connectivity index is 1.45. The lowest BCUT2D eigenvalue weighted by Gasteiger charge is -2.31. The summed E-state index contributed by atoms with van der Waals surface area (Å²) in [4.78, 5) is 12.3. The molecule has 5 nitrogen and oxygen atoms in total. The number of carbonyl (C=O) groups excluding carboxylic acids is 1. The topological polar surface area (TPSA) is 56.8 Å². The third-order valence-electron chi connectivity index (χ3n) is 5.78. The number of carbonyl (C=O) groups is 1. The van der Waals surface area contributed by atoms with Crippen LogP contribution >= 0.6 is 0 Å². The first-order valence-electron chi connectivity index (χ1n) is 9.54. The molecule has 1 aliphatic carbocycles. The van der Waals surface area contributed by atoms with Gasteiger partial charge >= 0.3 is 0 Å². The van der Waals surface area contributed by atoms with Crippen molar-refractivity contribution in [3.8, 4) is 11.5 Å². The Bertz CT molecular complexity index is 618. The number of ether oxygens (including phenoxy) is 3. The number of benzene rings is 1. The summed E-state index contributed by atoms with van der Waals surface area (Å²) in [6, 6.07) is 6.27. The molecular weight excluding hydrogens is 318 g/mol. The highest BCUT2D eigenvalue weighted by atomic mass is 16.6. The molecule has 0 unspecified atom stereocenters. The summed E-state index contributed by atoms with van der Waals surface area (Å²) in [6.07, 6.45) is 7.27. The average Bonchev–Trinajstić information content (AvgIpc) is 3.32. The molecule has 136 valence electrons. The van der Waals surface area contributed by atoms with Gasteiger partial charge in [-0.2, -0.15) is 0 Å². The van der Waals surface area contributed by atoms with E-state index in [4.69, 9.17) is 14.2 Å². The van der Waals surface area contributed by atoms with E-state index in [1.165, 1.54) is 18.4 Å². The Labute approximate surface area is 149 Å². The molecule has 2 aliphatic heterocycles. The Morgan fingerprint density at radius 3 is 2.64 bits per heavy atom. The fraction of sp³-hybridized carbons (Fsp3) is 0.650. The molecule has 2 heterocycles. The standard InChI is InChI=1S/C20H27NO4/c22-19(13-16-4-3-9-23-16)21-14-20(7-1-2-8-20)15-5-6-17-18(12-15)25-11-10-24-17/h5-6,12,16H,1-4,7-11,13-14H2,(H,21,22)/t16-/m1/s1. The van der Waals surface area contributed by atoms with Gasteiger partial charge < -0.3 is 19.5 Å². The van der Waals surface area contributed by atoms with Gasteiger partial charge in [-0.15, -0.1) is 0 Å². The molecule has 0 radical (unpaired) electrons. The van der Waals surface area contributed by atoms with E-state index in [1.807, 2.05) is 6.07 Å². The number of hydrogen-bond acceptors (Lipinski definition) is 4. The maximum absolute atomic E-state index is 12.3. The van der Waals surface area contributed by atoms with Crippen LogP contribution in [-0.4, -0.2) is 38.4 Å². The van der Waals surface area contributed by atoms with Gasteiger partial charge in [-0.1, -0.05) is 18.9 Å². The highest BCUT2D eigenvalue weighted by Gasteiger charge is 2.37. The highest BCUT2D eigenvalue weighted by Crippen LogP contribution is 2.43. The average molecular weight is 345 g/mol. The molecule has 25 heavy (non-hydrogen) atoms. The molecule has 1 amide bonds. The van der Waals surface area contributed by atoms with Crippen molar-refractivity contribution in [2.45, 2.75) is 56.5 Å². The van der Waals surface area contributed by atoms with Crippen molar-refractivity contribution in [2.24, 2.45) is 0 Å². The van der Waals surface area contributed by atoms with Crippen LogP contribution in [0.5, 0.6) is 11.5 Å². The van der Waals surface area contributed by atoms with Crippen LogP contribution < -0.4 is 14.8 Å². The molecule has 3 aliphatic rings. The molecule has 1 atom stereocenters. The molecule has 0 spiro atoms. The van der Waals surface area contributed by atoms with E-state index in [0.29, 0.717) is 26.2 Å². The first kappa shape index (κ1) is 16.7. The molecule has 4 rings (SSSR count). The largest absolute Gasteiger partial charge is 0.486 e. The Kier molecular flexibility index (Phi) is 4.84.